The maximum atomic E-state index is 10.8. The van der Waals surface area contributed by atoms with Crippen molar-refractivity contribution < 1.29 is 29.3 Å². The molecule has 0 bridgehead atoms. The van der Waals surface area contributed by atoms with E-state index in [4.69, 9.17) is 19.7 Å². The Bertz CT molecular complexity index is 480. The lowest BCUT2D eigenvalue weighted by molar-refractivity contribution is -0.139. The molecule has 1 aliphatic rings. The molecule has 0 atom stereocenters. The number of benzene rings is 1. The second-order valence-corrected chi connectivity index (χ2v) is 4.30. The van der Waals surface area contributed by atoms with Crippen molar-refractivity contribution in [2.75, 3.05) is 13.2 Å². The van der Waals surface area contributed by atoms with Crippen molar-refractivity contribution in [3.8, 4) is 11.5 Å². The summed E-state index contributed by atoms with van der Waals surface area (Å²) >= 11 is 0. The predicted octanol–water partition coefficient (Wildman–Crippen LogP) is 1.49. The van der Waals surface area contributed by atoms with E-state index in [-0.39, 0.29) is 12.8 Å². The van der Waals surface area contributed by atoms with E-state index in [1.165, 1.54) is 0 Å². The van der Waals surface area contributed by atoms with Crippen LogP contribution in [0.15, 0.2) is 18.2 Å². The lowest BCUT2D eigenvalue weighted by Crippen LogP contribution is -2.16. The minimum absolute atomic E-state index is 0.230. The van der Waals surface area contributed by atoms with Gasteiger partial charge in [-0.25, -0.2) is 0 Å². The number of rotatable bonds is 5. The zero-order chi connectivity index (χ0) is 13.8. The number of ether oxygens (including phenoxy) is 2. The number of hydrogen-bond acceptors (Lipinski definition) is 4. The second kappa shape index (κ2) is 5.60. The Morgan fingerprint density at radius 2 is 1.63 bits per heavy atom. The molecule has 19 heavy (non-hydrogen) atoms. The van der Waals surface area contributed by atoms with Crippen LogP contribution in [0.4, 0.5) is 0 Å². The van der Waals surface area contributed by atoms with Crippen molar-refractivity contribution in [2.24, 2.45) is 0 Å². The van der Waals surface area contributed by atoms with E-state index in [2.05, 4.69) is 0 Å². The molecule has 0 saturated heterocycles. The van der Waals surface area contributed by atoms with E-state index in [0.717, 1.165) is 0 Å². The Balaban J connectivity index is 2.25. The summed E-state index contributed by atoms with van der Waals surface area (Å²) < 4.78 is 10.8. The molecule has 0 spiro atoms. The van der Waals surface area contributed by atoms with Gasteiger partial charge in [-0.2, -0.15) is 0 Å². The number of carboxylic acid groups (broad SMARTS) is 2. The van der Waals surface area contributed by atoms with E-state index in [9.17, 15) is 9.59 Å². The first kappa shape index (κ1) is 13.2. The van der Waals surface area contributed by atoms with Gasteiger partial charge in [-0.3, -0.25) is 9.59 Å². The molecular formula is C13H14O6. The molecule has 0 fully saturated rings. The third-order valence-corrected chi connectivity index (χ3v) is 2.88. The van der Waals surface area contributed by atoms with Gasteiger partial charge in [-0.1, -0.05) is 6.07 Å². The Labute approximate surface area is 109 Å². The van der Waals surface area contributed by atoms with Crippen molar-refractivity contribution in [2.45, 2.75) is 18.8 Å². The highest BCUT2D eigenvalue weighted by Gasteiger charge is 2.21. The van der Waals surface area contributed by atoms with E-state index >= 15 is 0 Å². The maximum Gasteiger partial charge on any atom is 0.303 e. The first-order chi connectivity index (χ1) is 9.06. The summed E-state index contributed by atoms with van der Waals surface area (Å²) in [4.78, 5) is 21.6. The fraction of sp³-hybridized carbons (Fsp3) is 0.385. The largest absolute Gasteiger partial charge is 0.486 e. The average molecular weight is 266 g/mol. The molecule has 1 heterocycles. The minimum Gasteiger partial charge on any atom is -0.486 e. The van der Waals surface area contributed by atoms with Crippen LogP contribution in [0.1, 0.15) is 24.3 Å². The standard InChI is InChI=1S/C13H14O6/c14-12(15)6-9(7-13(16)17)8-1-2-10-11(5-8)19-4-3-18-10/h1-2,5,9H,3-4,6-7H2,(H,14,15)(H,16,17). The first-order valence-electron chi connectivity index (χ1n) is 5.89. The highest BCUT2D eigenvalue weighted by molar-refractivity contribution is 5.72. The van der Waals surface area contributed by atoms with Gasteiger partial charge in [0, 0.05) is 5.92 Å². The van der Waals surface area contributed by atoms with Crippen LogP contribution in [0.5, 0.6) is 11.5 Å². The van der Waals surface area contributed by atoms with Crippen LogP contribution in [0.25, 0.3) is 0 Å². The fourth-order valence-corrected chi connectivity index (χ4v) is 2.04. The molecule has 102 valence electrons. The Morgan fingerprint density at radius 3 is 2.21 bits per heavy atom. The van der Waals surface area contributed by atoms with Gasteiger partial charge in [0.2, 0.25) is 0 Å². The van der Waals surface area contributed by atoms with Crippen molar-refractivity contribution in [1.82, 2.24) is 0 Å². The van der Waals surface area contributed by atoms with Gasteiger partial charge in [0.15, 0.2) is 11.5 Å². The number of fused-ring (bicyclic) bond motifs is 1. The summed E-state index contributed by atoms with van der Waals surface area (Å²) in [6.45, 7) is 0.902. The monoisotopic (exact) mass is 266 g/mol. The third-order valence-electron chi connectivity index (χ3n) is 2.88. The van der Waals surface area contributed by atoms with Gasteiger partial charge < -0.3 is 19.7 Å². The molecule has 0 radical (unpaired) electrons. The quantitative estimate of drug-likeness (QED) is 0.838. The Morgan fingerprint density at radius 1 is 1.05 bits per heavy atom. The molecule has 2 N–H and O–H groups in total. The van der Waals surface area contributed by atoms with Gasteiger partial charge in [0.05, 0.1) is 12.8 Å². The number of hydrogen-bond donors (Lipinski definition) is 2. The topological polar surface area (TPSA) is 93.1 Å². The lowest BCUT2D eigenvalue weighted by Gasteiger charge is -2.21. The van der Waals surface area contributed by atoms with Crippen LogP contribution in [0, 0.1) is 0 Å². The smallest absolute Gasteiger partial charge is 0.303 e. The minimum atomic E-state index is -1.03. The molecule has 1 aromatic carbocycles. The van der Waals surface area contributed by atoms with E-state index in [0.29, 0.717) is 30.3 Å². The van der Waals surface area contributed by atoms with Crippen LogP contribution in [0.2, 0.25) is 0 Å². The Kier molecular flexibility index (Phi) is 3.89. The normalized spacial score (nSPS) is 13.3. The zero-order valence-electron chi connectivity index (χ0n) is 10.2. The van der Waals surface area contributed by atoms with E-state index in [1.54, 1.807) is 18.2 Å². The number of carbonyl (C=O) groups is 2. The molecule has 6 heteroatoms. The molecule has 0 unspecified atom stereocenters. The van der Waals surface area contributed by atoms with Gasteiger partial charge >= 0.3 is 11.9 Å². The van der Waals surface area contributed by atoms with Crippen molar-refractivity contribution in [3.63, 3.8) is 0 Å². The van der Waals surface area contributed by atoms with Crippen LogP contribution in [-0.4, -0.2) is 35.4 Å². The molecule has 0 aliphatic carbocycles. The van der Waals surface area contributed by atoms with Crippen LogP contribution >= 0.6 is 0 Å². The van der Waals surface area contributed by atoms with E-state index in [1.807, 2.05) is 0 Å². The molecular weight excluding hydrogens is 252 g/mol. The molecule has 2 rings (SSSR count). The summed E-state index contributed by atoms with van der Waals surface area (Å²) in [6, 6.07) is 5.02. The fourth-order valence-electron chi connectivity index (χ4n) is 2.04. The second-order valence-electron chi connectivity index (χ2n) is 4.30. The summed E-state index contributed by atoms with van der Waals surface area (Å²) in [5.41, 5.74) is 0.633. The summed E-state index contributed by atoms with van der Waals surface area (Å²) in [5.74, 6) is -1.50. The van der Waals surface area contributed by atoms with Gasteiger partial charge in [0.1, 0.15) is 13.2 Å². The molecule has 0 amide bonds. The van der Waals surface area contributed by atoms with E-state index < -0.39 is 17.9 Å². The lowest BCUT2D eigenvalue weighted by atomic mass is 9.92. The van der Waals surface area contributed by atoms with Gasteiger partial charge in [-0.05, 0) is 17.7 Å². The SMILES string of the molecule is O=C(O)CC(CC(=O)O)c1ccc2c(c1)OCCO2. The number of carboxylic acids is 2. The molecule has 1 aromatic rings. The third kappa shape index (κ3) is 3.37. The summed E-state index contributed by atoms with van der Waals surface area (Å²) in [5, 5.41) is 17.7. The van der Waals surface area contributed by atoms with Crippen LogP contribution < -0.4 is 9.47 Å². The van der Waals surface area contributed by atoms with Crippen LogP contribution in [-0.2, 0) is 9.59 Å². The summed E-state index contributed by atoms with van der Waals surface area (Å²) in [6.07, 6.45) is -0.460. The average Bonchev–Trinajstić information content (AvgIpc) is 2.36. The molecule has 6 nitrogen and oxygen atoms in total. The van der Waals surface area contributed by atoms with Gasteiger partial charge in [-0.15, -0.1) is 0 Å². The molecule has 1 aliphatic heterocycles. The first-order valence-corrected chi connectivity index (χ1v) is 5.89. The van der Waals surface area contributed by atoms with Gasteiger partial charge in [0.25, 0.3) is 0 Å². The zero-order valence-corrected chi connectivity index (χ0v) is 10.2. The van der Waals surface area contributed by atoms with Crippen LogP contribution in [0.3, 0.4) is 0 Å². The summed E-state index contributed by atoms with van der Waals surface area (Å²) in [7, 11) is 0. The highest BCUT2D eigenvalue weighted by Crippen LogP contribution is 2.35. The van der Waals surface area contributed by atoms with Crippen molar-refractivity contribution in [1.29, 1.82) is 0 Å². The maximum absolute atomic E-state index is 10.8. The van der Waals surface area contributed by atoms with Crippen molar-refractivity contribution in [3.05, 3.63) is 23.8 Å². The predicted molar refractivity (Wildman–Crippen MR) is 64.7 cm³/mol. The van der Waals surface area contributed by atoms with Crippen molar-refractivity contribution >= 4 is 11.9 Å². The molecule has 0 aromatic heterocycles. The Hall–Kier alpha value is -2.24. The number of aliphatic carboxylic acids is 2. The highest BCUT2D eigenvalue weighted by atomic mass is 16.6. The molecule has 0 saturated carbocycles.